The number of carbonyl (C=O) groups excluding carboxylic acids is 1. The van der Waals surface area contributed by atoms with Crippen molar-refractivity contribution >= 4 is 15.9 Å². The van der Waals surface area contributed by atoms with Crippen LogP contribution >= 0.6 is 0 Å². The lowest BCUT2D eigenvalue weighted by Gasteiger charge is -2.34. The maximum Gasteiger partial charge on any atom is 0.253 e. The van der Waals surface area contributed by atoms with E-state index in [0.717, 1.165) is 0 Å². The largest absolute Gasteiger partial charge is 0.336 e. The molecule has 1 amide bonds. The molecule has 1 fully saturated rings. The van der Waals surface area contributed by atoms with Gasteiger partial charge in [0.25, 0.3) is 5.91 Å². The number of rotatable bonds is 4. The standard InChI is InChI=1S/C20H20FN5O3S/c1-24-14-18(19(23-24)16-3-2-8-22-13-16)30(28,29)26-11-9-25(10-12-26)20(27)15-4-6-17(21)7-5-15/h2-8,13-14H,9-12H2,1H3. The summed E-state index contributed by atoms with van der Waals surface area (Å²) in [6.45, 7) is 0.823. The molecule has 1 aliphatic heterocycles. The summed E-state index contributed by atoms with van der Waals surface area (Å²) in [7, 11) is -2.14. The molecule has 0 N–H and O–H groups in total. The van der Waals surface area contributed by atoms with E-state index in [4.69, 9.17) is 0 Å². The minimum atomic E-state index is -3.80. The maximum absolute atomic E-state index is 13.3. The van der Waals surface area contributed by atoms with Gasteiger partial charge in [-0.3, -0.25) is 14.5 Å². The van der Waals surface area contributed by atoms with Gasteiger partial charge in [-0.1, -0.05) is 0 Å². The predicted molar refractivity (Wildman–Crippen MR) is 108 cm³/mol. The van der Waals surface area contributed by atoms with Crippen LogP contribution in [0.1, 0.15) is 10.4 Å². The van der Waals surface area contributed by atoms with Crippen LogP contribution in [0.25, 0.3) is 11.3 Å². The molecule has 0 aliphatic carbocycles. The number of aromatic nitrogens is 3. The molecule has 2 aromatic heterocycles. The number of amides is 1. The number of piperazine rings is 1. The van der Waals surface area contributed by atoms with Gasteiger partial charge in [0.15, 0.2) is 0 Å². The number of hydrogen-bond donors (Lipinski definition) is 0. The lowest BCUT2D eigenvalue weighted by Crippen LogP contribution is -2.50. The highest BCUT2D eigenvalue weighted by Crippen LogP contribution is 2.28. The van der Waals surface area contributed by atoms with Crippen molar-refractivity contribution in [2.24, 2.45) is 7.05 Å². The quantitative estimate of drug-likeness (QED) is 0.631. The molecule has 0 atom stereocenters. The van der Waals surface area contributed by atoms with Crippen molar-refractivity contribution in [2.45, 2.75) is 4.90 Å². The molecule has 30 heavy (non-hydrogen) atoms. The van der Waals surface area contributed by atoms with Crippen LogP contribution in [0, 0.1) is 5.82 Å². The zero-order chi connectivity index (χ0) is 21.3. The van der Waals surface area contributed by atoms with Gasteiger partial charge in [-0.05, 0) is 36.4 Å². The van der Waals surface area contributed by atoms with Crippen LogP contribution in [-0.2, 0) is 17.1 Å². The molecule has 0 saturated carbocycles. The molecular formula is C20H20FN5O3S. The van der Waals surface area contributed by atoms with E-state index in [1.807, 2.05) is 0 Å². The van der Waals surface area contributed by atoms with Gasteiger partial charge in [0, 0.05) is 62.9 Å². The van der Waals surface area contributed by atoms with E-state index in [2.05, 4.69) is 10.1 Å². The highest BCUT2D eigenvalue weighted by Gasteiger charge is 2.33. The van der Waals surface area contributed by atoms with Gasteiger partial charge in [-0.2, -0.15) is 9.40 Å². The average molecular weight is 429 g/mol. The fourth-order valence-electron chi connectivity index (χ4n) is 3.40. The van der Waals surface area contributed by atoms with Crippen molar-refractivity contribution in [1.82, 2.24) is 24.0 Å². The number of pyridine rings is 1. The summed E-state index contributed by atoms with van der Waals surface area (Å²) in [6.07, 6.45) is 4.66. The zero-order valence-electron chi connectivity index (χ0n) is 16.3. The summed E-state index contributed by atoms with van der Waals surface area (Å²) >= 11 is 0. The van der Waals surface area contributed by atoms with Gasteiger partial charge in [0.1, 0.15) is 16.4 Å². The fourth-order valence-corrected chi connectivity index (χ4v) is 5.01. The van der Waals surface area contributed by atoms with E-state index in [1.54, 1.807) is 36.5 Å². The molecule has 0 unspecified atom stereocenters. The summed E-state index contributed by atoms with van der Waals surface area (Å²) < 4.78 is 42.5. The normalized spacial score (nSPS) is 15.3. The Morgan fingerprint density at radius 3 is 2.40 bits per heavy atom. The number of benzene rings is 1. The first-order chi connectivity index (χ1) is 14.4. The second-order valence-electron chi connectivity index (χ2n) is 6.96. The number of halogens is 1. The number of nitrogens with zero attached hydrogens (tertiary/aromatic N) is 5. The number of carbonyl (C=O) groups is 1. The Labute approximate surface area is 173 Å². The first kappa shape index (κ1) is 20.2. The van der Waals surface area contributed by atoms with Crippen molar-refractivity contribution in [3.05, 3.63) is 66.4 Å². The van der Waals surface area contributed by atoms with Gasteiger partial charge in [-0.15, -0.1) is 0 Å². The first-order valence-electron chi connectivity index (χ1n) is 9.35. The smallest absolute Gasteiger partial charge is 0.253 e. The van der Waals surface area contributed by atoms with Gasteiger partial charge in [0.2, 0.25) is 10.0 Å². The van der Waals surface area contributed by atoms with E-state index >= 15 is 0 Å². The minimum Gasteiger partial charge on any atom is -0.336 e. The van der Waals surface area contributed by atoms with Crippen molar-refractivity contribution < 1.29 is 17.6 Å². The Kier molecular flexibility index (Phi) is 5.35. The van der Waals surface area contributed by atoms with Crippen molar-refractivity contribution in [2.75, 3.05) is 26.2 Å². The monoisotopic (exact) mass is 429 g/mol. The van der Waals surface area contributed by atoms with E-state index in [1.165, 1.54) is 39.4 Å². The summed E-state index contributed by atoms with van der Waals surface area (Å²) in [6, 6.07) is 8.80. The van der Waals surface area contributed by atoms with Crippen LogP contribution in [0.2, 0.25) is 0 Å². The van der Waals surface area contributed by atoms with Gasteiger partial charge in [-0.25, -0.2) is 12.8 Å². The Morgan fingerprint density at radius 2 is 1.77 bits per heavy atom. The molecule has 0 spiro atoms. The Hall–Kier alpha value is -3.11. The number of hydrogen-bond acceptors (Lipinski definition) is 5. The molecule has 0 bridgehead atoms. The van der Waals surface area contributed by atoms with Gasteiger partial charge >= 0.3 is 0 Å². The highest BCUT2D eigenvalue weighted by molar-refractivity contribution is 7.89. The van der Waals surface area contributed by atoms with Crippen LogP contribution in [0.5, 0.6) is 0 Å². The minimum absolute atomic E-state index is 0.108. The van der Waals surface area contributed by atoms with E-state index in [-0.39, 0.29) is 37.0 Å². The van der Waals surface area contributed by atoms with E-state index in [0.29, 0.717) is 16.8 Å². The molecule has 4 rings (SSSR count). The third-order valence-corrected chi connectivity index (χ3v) is 6.86. The molecule has 156 valence electrons. The number of aryl methyl sites for hydroxylation is 1. The summed E-state index contributed by atoms with van der Waals surface area (Å²) in [4.78, 5) is 18.3. The lowest BCUT2D eigenvalue weighted by molar-refractivity contribution is 0.0698. The molecule has 10 heteroatoms. The zero-order valence-corrected chi connectivity index (χ0v) is 17.1. The third kappa shape index (κ3) is 3.83. The van der Waals surface area contributed by atoms with Crippen LogP contribution in [-0.4, -0.2) is 64.5 Å². The van der Waals surface area contributed by atoms with Crippen molar-refractivity contribution in [3.63, 3.8) is 0 Å². The predicted octanol–water partition coefficient (Wildman–Crippen LogP) is 1.77. The number of sulfonamides is 1. The third-order valence-electron chi connectivity index (χ3n) is 4.97. The second-order valence-corrected chi connectivity index (χ2v) is 8.87. The van der Waals surface area contributed by atoms with Gasteiger partial charge in [0.05, 0.1) is 0 Å². The van der Waals surface area contributed by atoms with E-state index < -0.39 is 15.8 Å². The Bertz CT molecular complexity index is 1150. The SMILES string of the molecule is Cn1cc(S(=O)(=O)N2CCN(C(=O)c3ccc(F)cc3)CC2)c(-c2cccnc2)n1. The summed E-state index contributed by atoms with van der Waals surface area (Å²) in [5, 5.41) is 4.31. The molecule has 3 heterocycles. The molecule has 0 radical (unpaired) electrons. The summed E-state index contributed by atoms with van der Waals surface area (Å²) in [5.74, 6) is -0.659. The van der Waals surface area contributed by atoms with Gasteiger partial charge < -0.3 is 4.90 Å². The molecular weight excluding hydrogens is 409 g/mol. The molecule has 1 aromatic carbocycles. The summed E-state index contributed by atoms with van der Waals surface area (Å²) in [5.41, 5.74) is 1.33. The van der Waals surface area contributed by atoms with Crippen LogP contribution in [0.4, 0.5) is 4.39 Å². The maximum atomic E-state index is 13.3. The molecule has 1 saturated heterocycles. The van der Waals surface area contributed by atoms with E-state index in [9.17, 15) is 17.6 Å². The molecule has 1 aliphatic rings. The average Bonchev–Trinajstić information content (AvgIpc) is 3.17. The molecule has 8 nitrogen and oxygen atoms in total. The highest BCUT2D eigenvalue weighted by atomic mass is 32.2. The van der Waals surface area contributed by atoms with Crippen molar-refractivity contribution in [1.29, 1.82) is 0 Å². The Balaban J connectivity index is 1.52. The van der Waals surface area contributed by atoms with Crippen LogP contribution in [0.3, 0.4) is 0 Å². The van der Waals surface area contributed by atoms with Crippen LogP contribution < -0.4 is 0 Å². The topological polar surface area (TPSA) is 88.4 Å². The van der Waals surface area contributed by atoms with Crippen LogP contribution in [0.15, 0.2) is 59.9 Å². The molecule has 3 aromatic rings. The fraction of sp³-hybridized carbons (Fsp3) is 0.250. The van der Waals surface area contributed by atoms with Crippen molar-refractivity contribution in [3.8, 4) is 11.3 Å². The second kappa shape index (κ2) is 7.96. The lowest BCUT2D eigenvalue weighted by atomic mass is 10.2. The first-order valence-corrected chi connectivity index (χ1v) is 10.8. The Morgan fingerprint density at radius 1 is 1.07 bits per heavy atom.